The summed E-state index contributed by atoms with van der Waals surface area (Å²) in [6.45, 7) is 2.98. The van der Waals surface area contributed by atoms with Crippen LogP contribution in [0.2, 0.25) is 10.3 Å². The Morgan fingerprint density at radius 1 is 1.20 bits per heavy atom. The predicted octanol–water partition coefficient (Wildman–Crippen LogP) is 4.33. The van der Waals surface area contributed by atoms with Crippen LogP contribution in [0.5, 0.6) is 0 Å². The van der Waals surface area contributed by atoms with Gasteiger partial charge in [0, 0.05) is 12.1 Å². The zero-order valence-corrected chi connectivity index (χ0v) is 13.2. The standard InChI is InChI=1S/C15H20Cl2N2O/c1-2-10-3-5-11(6-4-10)9-18-15(20)12-7-13(16)19-14(17)8-12/h7-8,10-11H,2-6,9H2,1H3,(H,18,20). The zero-order valence-electron chi connectivity index (χ0n) is 11.7. The molecule has 0 saturated heterocycles. The average Bonchev–Trinajstić information content (AvgIpc) is 2.44. The number of amides is 1. The van der Waals surface area contributed by atoms with Crippen LogP contribution in [-0.4, -0.2) is 17.4 Å². The third kappa shape index (κ3) is 4.35. The summed E-state index contributed by atoms with van der Waals surface area (Å²) in [5, 5.41) is 3.46. The third-order valence-corrected chi connectivity index (χ3v) is 4.51. The molecule has 1 aromatic rings. The van der Waals surface area contributed by atoms with Gasteiger partial charge in [0.1, 0.15) is 10.3 Å². The second-order valence-corrected chi connectivity index (χ2v) is 6.28. The van der Waals surface area contributed by atoms with Crippen LogP contribution < -0.4 is 5.32 Å². The molecule has 1 N–H and O–H groups in total. The van der Waals surface area contributed by atoms with E-state index < -0.39 is 0 Å². The number of hydrogen-bond acceptors (Lipinski definition) is 2. The lowest BCUT2D eigenvalue weighted by Crippen LogP contribution is -2.31. The second-order valence-electron chi connectivity index (χ2n) is 5.51. The van der Waals surface area contributed by atoms with E-state index in [2.05, 4.69) is 17.2 Å². The molecule has 3 nitrogen and oxygen atoms in total. The Labute approximate surface area is 130 Å². The van der Waals surface area contributed by atoms with Crippen molar-refractivity contribution in [2.75, 3.05) is 6.54 Å². The Kier molecular flexibility index (Phi) is 5.67. The van der Waals surface area contributed by atoms with Gasteiger partial charge in [-0.05, 0) is 36.8 Å². The number of aromatic nitrogens is 1. The van der Waals surface area contributed by atoms with Crippen molar-refractivity contribution < 1.29 is 4.79 Å². The summed E-state index contributed by atoms with van der Waals surface area (Å²) in [6, 6.07) is 3.08. The summed E-state index contributed by atoms with van der Waals surface area (Å²) in [5.74, 6) is 1.34. The van der Waals surface area contributed by atoms with E-state index in [-0.39, 0.29) is 16.2 Å². The normalized spacial score (nSPS) is 22.6. The van der Waals surface area contributed by atoms with Crippen LogP contribution in [0.25, 0.3) is 0 Å². The van der Waals surface area contributed by atoms with E-state index in [4.69, 9.17) is 23.2 Å². The van der Waals surface area contributed by atoms with Crippen molar-refractivity contribution in [2.24, 2.45) is 11.8 Å². The molecule has 1 saturated carbocycles. The summed E-state index contributed by atoms with van der Waals surface area (Å²) >= 11 is 11.6. The van der Waals surface area contributed by atoms with E-state index in [0.29, 0.717) is 11.5 Å². The summed E-state index contributed by atoms with van der Waals surface area (Å²) in [4.78, 5) is 15.9. The molecule has 0 atom stereocenters. The monoisotopic (exact) mass is 314 g/mol. The van der Waals surface area contributed by atoms with Crippen LogP contribution in [0.1, 0.15) is 49.4 Å². The summed E-state index contributed by atoms with van der Waals surface area (Å²) in [7, 11) is 0. The number of carbonyl (C=O) groups excluding carboxylic acids is 1. The first-order valence-corrected chi connectivity index (χ1v) is 7.95. The first kappa shape index (κ1) is 15.6. The molecule has 110 valence electrons. The van der Waals surface area contributed by atoms with Crippen molar-refractivity contribution in [2.45, 2.75) is 39.0 Å². The maximum atomic E-state index is 12.1. The van der Waals surface area contributed by atoms with Crippen molar-refractivity contribution in [1.29, 1.82) is 0 Å². The quantitative estimate of drug-likeness (QED) is 0.840. The number of rotatable bonds is 4. The number of carbonyl (C=O) groups is 1. The molecular weight excluding hydrogens is 295 g/mol. The van der Waals surface area contributed by atoms with E-state index in [1.165, 1.54) is 44.2 Å². The molecule has 1 aromatic heterocycles. The highest BCUT2D eigenvalue weighted by molar-refractivity contribution is 6.33. The fourth-order valence-electron chi connectivity index (χ4n) is 2.78. The van der Waals surface area contributed by atoms with Gasteiger partial charge in [-0.3, -0.25) is 4.79 Å². The Balaban J connectivity index is 1.83. The maximum Gasteiger partial charge on any atom is 0.251 e. The summed E-state index contributed by atoms with van der Waals surface area (Å²) in [5.41, 5.74) is 0.470. The van der Waals surface area contributed by atoms with Crippen molar-refractivity contribution in [3.8, 4) is 0 Å². The molecule has 1 fully saturated rings. The van der Waals surface area contributed by atoms with E-state index in [0.717, 1.165) is 12.5 Å². The Morgan fingerprint density at radius 3 is 2.30 bits per heavy atom. The molecule has 5 heteroatoms. The van der Waals surface area contributed by atoms with Crippen LogP contribution in [-0.2, 0) is 0 Å². The molecule has 0 spiro atoms. The molecular formula is C15H20Cl2N2O. The molecule has 2 rings (SSSR count). The fourth-order valence-corrected chi connectivity index (χ4v) is 3.24. The van der Waals surface area contributed by atoms with Crippen molar-refractivity contribution >= 4 is 29.1 Å². The molecule has 0 aromatic carbocycles. The average molecular weight is 315 g/mol. The van der Waals surface area contributed by atoms with Crippen molar-refractivity contribution in [3.63, 3.8) is 0 Å². The van der Waals surface area contributed by atoms with Crippen LogP contribution in [0.15, 0.2) is 12.1 Å². The minimum Gasteiger partial charge on any atom is -0.352 e. The van der Waals surface area contributed by atoms with Crippen LogP contribution in [0.4, 0.5) is 0 Å². The van der Waals surface area contributed by atoms with Gasteiger partial charge in [0.15, 0.2) is 0 Å². The number of halogens is 2. The zero-order chi connectivity index (χ0) is 14.5. The maximum absolute atomic E-state index is 12.1. The molecule has 0 aliphatic heterocycles. The van der Waals surface area contributed by atoms with E-state index in [1.54, 1.807) is 0 Å². The summed E-state index contributed by atoms with van der Waals surface area (Å²) < 4.78 is 0. The summed E-state index contributed by atoms with van der Waals surface area (Å²) in [6.07, 6.45) is 6.24. The smallest absolute Gasteiger partial charge is 0.251 e. The Hall–Kier alpha value is -0.800. The number of pyridine rings is 1. The molecule has 20 heavy (non-hydrogen) atoms. The molecule has 1 aliphatic carbocycles. The minimum absolute atomic E-state index is 0.131. The predicted molar refractivity (Wildman–Crippen MR) is 82.3 cm³/mol. The van der Waals surface area contributed by atoms with E-state index in [1.807, 2.05) is 0 Å². The third-order valence-electron chi connectivity index (χ3n) is 4.12. The van der Waals surface area contributed by atoms with E-state index in [9.17, 15) is 4.79 Å². The first-order valence-electron chi connectivity index (χ1n) is 7.19. The van der Waals surface area contributed by atoms with Crippen LogP contribution >= 0.6 is 23.2 Å². The van der Waals surface area contributed by atoms with E-state index >= 15 is 0 Å². The molecule has 0 bridgehead atoms. The van der Waals surface area contributed by atoms with Crippen molar-refractivity contribution in [3.05, 3.63) is 28.0 Å². The lowest BCUT2D eigenvalue weighted by atomic mass is 9.81. The molecule has 0 radical (unpaired) electrons. The molecule has 1 heterocycles. The van der Waals surface area contributed by atoms with Gasteiger partial charge >= 0.3 is 0 Å². The highest BCUT2D eigenvalue weighted by atomic mass is 35.5. The van der Waals surface area contributed by atoms with Gasteiger partial charge < -0.3 is 5.32 Å². The van der Waals surface area contributed by atoms with Crippen molar-refractivity contribution in [1.82, 2.24) is 10.3 Å². The number of nitrogens with zero attached hydrogens (tertiary/aromatic N) is 1. The Bertz CT molecular complexity index is 451. The molecule has 1 aliphatic rings. The molecule has 1 amide bonds. The topological polar surface area (TPSA) is 42.0 Å². The SMILES string of the molecule is CCC1CCC(CNC(=O)c2cc(Cl)nc(Cl)c2)CC1. The fraction of sp³-hybridized carbons (Fsp3) is 0.600. The number of nitrogens with one attached hydrogen (secondary N) is 1. The highest BCUT2D eigenvalue weighted by Gasteiger charge is 2.20. The number of hydrogen-bond donors (Lipinski definition) is 1. The lowest BCUT2D eigenvalue weighted by molar-refractivity contribution is 0.0941. The second kappa shape index (κ2) is 7.28. The molecule has 0 unspecified atom stereocenters. The lowest BCUT2D eigenvalue weighted by Gasteiger charge is -2.27. The Morgan fingerprint density at radius 2 is 1.75 bits per heavy atom. The largest absolute Gasteiger partial charge is 0.352 e. The minimum atomic E-state index is -0.131. The van der Waals surface area contributed by atoms with Crippen LogP contribution in [0.3, 0.4) is 0 Å². The first-order chi connectivity index (χ1) is 9.58. The van der Waals surface area contributed by atoms with Gasteiger partial charge in [-0.25, -0.2) is 4.98 Å². The van der Waals surface area contributed by atoms with Gasteiger partial charge in [-0.15, -0.1) is 0 Å². The van der Waals surface area contributed by atoms with Gasteiger partial charge in [0.25, 0.3) is 5.91 Å². The highest BCUT2D eigenvalue weighted by Crippen LogP contribution is 2.30. The van der Waals surface area contributed by atoms with Gasteiger partial charge in [-0.1, -0.05) is 49.4 Å². The van der Waals surface area contributed by atoms with Crippen LogP contribution in [0, 0.1) is 11.8 Å². The van der Waals surface area contributed by atoms with Gasteiger partial charge in [0.2, 0.25) is 0 Å². The van der Waals surface area contributed by atoms with Gasteiger partial charge in [0.05, 0.1) is 0 Å². The van der Waals surface area contributed by atoms with Gasteiger partial charge in [-0.2, -0.15) is 0 Å².